The minimum absolute atomic E-state index is 0.0575. The molecule has 0 amide bonds. The first-order valence-electron chi connectivity index (χ1n) is 7.94. The Balaban J connectivity index is 1.63. The van der Waals surface area contributed by atoms with Gasteiger partial charge in [-0.1, -0.05) is 23.9 Å². The van der Waals surface area contributed by atoms with Gasteiger partial charge in [-0.25, -0.2) is 4.98 Å². The Morgan fingerprint density at radius 2 is 2.04 bits per heavy atom. The van der Waals surface area contributed by atoms with Gasteiger partial charge in [-0.3, -0.25) is 0 Å². The minimum Gasteiger partial charge on any atom is -0.497 e. The summed E-state index contributed by atoms with van der Waals surface area (Å²) in [6.07, 6.45) is 2.63. The van der Waals surface area contributed by atoms with Crippen molar-refractivity contribution in [1.29, 1.82) is 0 Å². The van der Waals surface area contributed by atoms with Crippen molar-refractivity contribution < 1.29 is 19.3 Å². The smallest absolute Gasteiger partial charge is 0.168 e. The number of aliphatic hydroxyl groups excluding tert-OH is 1. The second-order valence-electron chi connectivity index (χ2n) is 5.46. The first kappa shape index (κ1) is 17.3. The molecule has 1 aromatic carbocycles. The summed E-state index contributed by atoms with van der Waals surface area (Å²) in [5.74, 6) is 1.70. The van der Waals surface area contributed by atoms with Crippen LogP contribution >= 0.6 is 11.8 Å². The topological polar surface area (TPSA) is 65.7 Å². The molecule has 1 aromatic heterocycles. The fourth-order valence-electron chi connectivity index (χ4n) is 2.50. The average Bonchev–Trinajstić information content (AvgIpc) is 3.26. The first-order chi connectivity index (χ1) is 11.8. The summed E-state index contributed by atoms with van der Waals surface area (Å²) >= 11 is 1.65. The molecule has 0 unspecified atom stereocenters. The van der Waals surface area contributed by atoms with Crippen molar-refractivity contribution in [3.63, 3.8) is 0 Å². The molecule has 24 heavy (non-hydrogen) atoms. The number of methoxy groups -OCH3 is 1. The van der Waals surface area contributed by atoms with Gasteiger partial charge in [-0.2, -0.15) is 0 Å². The van der Waals surface area contributed by atoms with Gasteiger partial charge in [0.25, 0.3) is 0 Å². The van der Waals surface area contributed by atoms with Gasteiger partial charge in [0.1, 0.15) is 5.75 Å². The number of aromatic nitrogens is 2. The number of aliphatic hydroxyl groups is 1. The highest BCUT2D eigenvalue weighted by Crippen LogP contribution is 2.23. The van der Waals surface area contributed by atoms with E-state index in [0.717, 1.165) is 28.6 Å². The third kappa shape index (κ3) is 4.51. The monoisotopic (exact) mass is 350 g/mol. The summed E-state index contributed by atoms with van der Waals surface area (Å²) in [5.41, 5.74) is 1.83. The number of hydrogen-bond acceptors (Lipinski definition) is 6. The summed E-state index contributed by atoms with van der Waals surface area (Å²) in [7, 11) is 1.66. The molecule has 1 saturated heterocycles. The quantitative estimate of drug-likeness (QED) is 0.737. The molecule has 7 heteroatoms. The van der Waals surface area contributed by atoms with Crippen LogP contribution in [-0.2, 0) is 22.6 Å². The number of benzene rings is 1. The van der Waals surface area contributed by atoms with Crippen molar-refractivity contribution in [1.82, 2.24) is 9.55 Å². The molecule has 3 rings (SSSR count). The molecule has 0 aliphatic carbocycles. The van der Waals surface area contributed by atoms with Crippen LogP contribution < -0.4 is 4.74 Å². The van der Waals surface area contributed by atoms with Crippen LogP contribution in [0.4, 0.5) is 0 Å². The maximum Gasteiger partial charge on any atom is 0.168 e. The van der Waals surface area contributed by atoms with Gasteiger partial charge in [-0.15, -0.1) is 0 Å². The van der Waals surface area contributed by atoms with E-state index >= 15 is 0 Å². The van der Waals surface area contributed by atoms with Crippen LogP contribution in [0.3, 0.4) is 0 Å². The van der Waals surface area contributed by atoms with Gasteiger partial charge in [0.2, 0.25) is 0 Å². The molecule has 0 atom stereocenters. The Hall–Kier alpha value is -1.54. The predicted molar refractivity (Wildman–Crippen MR) is 91.3 cm³/mol. The number of ether oxygens (including phenoxy) is 3. The standard InChI is InChI=1S/C17H22N2O4S/c1-21-15-4-2-13(3-5-15)10-19-11-14(12-20)18-17(19)24-9-6-16-22-7-8-23-16/h2-5,11,16,20H,6-10,12H2,1H3. The highest BCUT2D eigenvalue weighted by Gasteiger charge is 2.16. The summed E-state index contributed by atoms with van der Waals surface area (Å²) in [6, 6.07) is 7.96. The highest BCUT2D eigenvalue weighted by molar-refractivity contribution is 7.99. The number of hydrogen-bond donors (Lipinski definition) is 1. The molecule has 1 N–H and O–H groups in total. The predicted octanol–water partition coefficient (Wildman–Crippen LogP) is 2.29. The van der Waals surface area contributed by atoms with Crippen LogP contribution in [0.25, 0.3) is 0 Å². The number of thioether (sulfide) groups is 1. The van der Waals surface area contributed by atoms with Crippen LogP contribution in [0.5, 0.6) is 5.75 Å². The van der Waals surface area contributed by atoms with E-state index < -0.39 is 0 Å². The van der Waals surface area contributed by atoms with Gasteiger partial charge in [-0.05, 0) is 17.7 Å². The van der Waals surface area contributed by atoms with Crippen molar-refractivity contribution >= 4 is 11.8 Å². The molecular weight excluding hydrogens is 328 g/mol. The van der Waals surface area contributed by atoms with Gasteiger partial charge in [0, 0.05) is 24.9 Å². The Labute approximate surface area is 145 Å². The maximum atomic E-state index is 9.37. The largest absolute Gasteiger partial charge is 0.497 e. The van der Waals surface area contributed by atoms with Crippen molar-refractivity contribution in [2.45, 2.75) is 31.0 Å². The fourth-order valence-corrected chi connectivity index (χ4v) is 3.46. The van der Waals surface area contributed by atoms with Crippen molar-refractivity contribution in [3.05, 3.63) is 41.7 Å². The molecule has 0 bridgehead atoms. The van der Waals surface area contributed by atoms with Gasteiger partial charge in [0.05, 0.1) is 32.6 Å². The molecule has 2 aromatic rings. The summed E-state index contributed by atoms with van der Waals surface area (Å²) < 4.78 is 18.2. The zero-order chi connectivity index (χ0) is 16.8. The molecule has 0 saturated carbocycles. The summed E-state index contributed by atoms with van der Waals surface area (Å²) in [6.45, 7) is 2.00. The molecule has 130 valence electrons. The molecule has 2 heterocycles. The first-order valence-corrected chi connectivity index (χ1v) is 8.93. The molecule has 6 nitrogen and oxygen atoms in total. The molecule has 1 aliphatic heterocycles. The lowest BCUT2D eigenvalue weighted by atomic mass is 10.2. The van der Waals surface area contributed by atoms with E-state index in [0.29, 0.717) is 25.5 Å². The fraction of sp³-hybridized carbons (Fsp3) is 0.471. The molecule has 1 fully saturated rings. The number of imidazole rings is 1. The Morgan fingerprint density at radius 3 is 2.71 bits per heavy atom. The summed E-state index contributed by atoms with van der Waals surface area (Å²) in [5, 5.41) is 10.3. The lowest BCUT2D eigenvalue weighted by Crippen LogP contribution is -2.09. The van der Waals surface area contributed by atoms with Gasteiger partial charge >= 0.3 is 0 Å². The molecular formula is C17H22N2O4S. The zero-order valence-corrected chi connectivity index (χ0v) is 14.5. The second kappa shape index (κ2) is 8.53. The zero-order valence-electron chi connectivity index (χ0n) is 13.7. The van der Waals surface area contributed by atoms with Crippen molar-refractivity contribution in [2.24, 2.45) is 0 Å². The van der Waals surface area contributed by atoms with Crippen LogP contribution in [0.2, 0.25) is 0 Å². The van der Waals surface area contributed by atoms with E-state index in [1.54, 1.807) is 18.9 Å². The maximum absolute atomic E-state index is 9.37. The highest BCUT2D eigenvalue weighted by atomic mass is 32.2. The lowest BCUT2D eigenvalue weighted by molar-refractivity contribution is -0.0421. The SMILES string of the molecule is COc1ccc(Cn2cc(CO)nc2SCCC2OCCO2)cc1. The second-order valence-corrected chi connectivity index (χ2v) is 6.52. The van der Waals surface area contributed by atoms with E-state index in [1.165, 1.54) is 0 Å². The Kier molecular flexibility index (Phi) is 6.14. The number of nitrogens with zero attached hydrogens (tertiary/aromatic N) is 2. The van der Waals surface area contributed by atoms with Crippen LogP contribution in [0.1, 0.15) is 17.7 Å². The molecule has 0 radical (unpaired) electrons. The summed E-state index contributed by atoms with van der Waals surface area (Å²) in [4.78, 5) is 4.49. The van der Waals surface area contributed by atoms with E-state index in [-0.39, 0.29) is 12.9 Å². The van der Waals surface area contributed by atoms with E-state index in [2.05, 4.69) is 9.55 Å². The van der Waals surface area contributed by atoms with Gasteiger partial charge < -0.3 is 23.9 Å². The molecule has 0 spiro atoms. The molecule has 1 aliphatic rings. The lowest BCUT2D eigenvalue weighted by Gasteiger charge is -2.10. The van der Waals surface area contributed by atoms with Crippen LogP contribution in [-0.4, -0.2) is 47.0 Å². The third-order valence-corrected chi connectivity index (χ3v) is 4.76. The van der Waals surface area contributed by atoms with Gasteiger partial charge in [0.15, 0.2) is 11.4 Å². The van der Waals surface area contributed by atoms with Crippen molar-refractivity contribution in [3.8, 4) is 5.75 Å². The van der Waals surface area contributed by atoms with E-state index in [4.69, 9.17) is 14.2 Å². The Morgan fingerprint density at radius 1 is 1.29 bits per heavy atom. The van der Waals surface area contributed by atoms with Crippen molar-refractivity contribution in [2.75, 3.05) is 26.1 Å². The third-order valence-electron chi connectivity index (χ3n) is 3.74. The normalized spacial score (nSPS) is 15.1. The average molecular weight is 350 g/mol. The minimum atomic E-state index is -0.0974. The van der Waals surface area contributed by atoms with Crippen LogP contribution in [0, 0.1) is 0 Å². The number of rotatable bonds is 8. The van der Waals surface area contributed by atoms with E-state index in [9.17, 15) is 5.11 Å². The van der Waals surface area contributed by atoms with Crippen LogP contribution in [0.15, 0.2) is 35.6 Å². The Bertz CT molecular complexity index is 639. The van der Waals surface area contributed by atoms with E-state index in [1.807, 2.05) is 30.5 Å².